The van der Waals surface area contributed by atoms with Crippen LogP contribution in [0, 0.1) is 0 Å². The molecule has 0 aliphatic carbocycles. The maximum atomic E-state index is 12.7. The Morgan fingerprint density at radius 3 is 2.74 bits per heavy atom. The Morgan fingerprint density at radius 1 is 1.15 bits per heavy atom. The number of Topliss-reactive ketones (excluding diaryl/α,β-unsaturated/α-hetero) is 1. The first-order valence-electron chi connectivity index (χ1n) is 8.32. The minimum atomic E-state index is -0.396. The lowest BCUT2D eigenvalue weighted by atomic mass is 9.99. The fraction of sp³-hybridized carbons (Fsp3) is 0.100. The van der Waals surface area contributed by atoms with Gasteiger partial charge in [0.05, 0.1) is 6.04 Å². The number of halogens is 1. The Balaban J connectivity index is 1.80. The molecule has 1 atom stereocenters. The molecular formula is C20H18ClN5O. The lowest BCUT2D eigenvalue weighted by Gasteiger charge is -2.16. The normalized spacial score (nSPS) is 12.4. The van der Waals surface area contributed by atoms with E-state index in [9.17, 15) is 4.79 Å². The summed E-state index contributed by atoms with van der Waals surface area (Å²) in [7, 11) is 0. The Bertz CT molecular complexity index is 931. The van der Waals surface area contributed by atoms with Gasteiger partial charge in [-0.3, -0.25) is 20.2 Å². The number of nitrogens with two attached hydrogens (primary N) is 1. The van der Waals surface area contributed by atoms with Crippen molar-refractivity contribution in [2.45, 2.75) is 12.5 Å². The van der Waals surface area contributed by atoms with Crippen molar-refractivity contribution in [2.24, 2.45) is 10.8 Å². The Labute approximate surface area is 162 Å². The van der Waals surface area contributed by atoms with Crippen molar-refractivity contribution in [1.82, 2.24) is 15.4 Å². The third-order valence-electron chi connectivity index (χ3n) is 3.89. The molecule has 0 radical (unpaired) electrons. The van der Waals surface area contributed by atoms with Gasteiger partial charge in [0.25, 0.3) is 0 Å². The van der Waals surface area contributed by atoms with Gasteiger partial charge in [-0.25, -0.2) is 0 Å². The zero-order valence-corrected chi connectivity index (χ0v) is 15.2. The van der Waals surface area contributed by atoms with Crippen LogP contribution in [0.1, 0.15) is 34.1 Å². The van der Waals surface area contributed by atoms with Gasteiger partial charge in [0.1, 0.15) is 5.69 Å². The number of hydrogen-bond acceptors (Lipinski definition) is 5. The van der Waals surface area contributed by atoms with Crippen molar-refractivity contribution in [1.29, 1.82) is 0 Å². The van der Waals surface area contributed by atoms with Gasteiger partial charge >= 0.3 is 0 Å². The number of nitrogens with zero attached hydrogens (tertiary/aromatic N) is 3. The van der Waals surface area contributed by atoms with E-state index in [1.165, 1.54) is 0 Å². The summed E-state index contributed by atoms with van der Waals surface area (Å²) >= 11 is 5.99. The van der Waals surface area contributed by atoms with E-state index in [4.69, 9.17) is 17.3 Å². The van der Waals surface area contributed by atoms with Crippen molar-refractivity contribution >= 4 is 23.2 Å². The summed E-state index contributed by atoms with van der Waals surface area (Å²) in [5.74, 6) is 0.171. The minimum absolute atomic E-state index is 0.0644. The van der Waals surface area contributed by atoms with E-state index in [2.05, 4.69) is 20.5 Å². The van der Waals surface area contributed by atoms with Gasteiger partial charge in [-0.2, -0.15) is 5.10 Å². The van der Waals surface area contributed by atoms with E-state index in [1.807, 2.05) is 12.1 Å². The number of hydrazone groups is 1. The molecule has 1 unspecified atom stereocenters. The monoisotopic (exact) mass is 379 g/mol. The van der Waals surface area contributed by atoms with Crippen LogP contribution in [0.3, 0.4) is 0 Å². The number of benzene rings is 1. The van der Waals surface area contributed by atoms with Crippen molar-refractivity contribution in [3.8, 4) is 0 Å². The first kappa shape index (κ1) is 18.5. The molecule has 1 aromatic carbocycles. The molecular weight excluding hydrogens is 362 g/mol. The van der Waals surface area contributed by atoms with Gasteiger partial charge in [-0.1, -0.05) is 35.9 Å². The minimum Gasteiger partial charge on any atom is -0.380 e. The zero-order valence-electron chi connectivity index (χ0n) is 14.4. The van der Waals surface area contributed by atoms with Crippen LogP contribution in [-0.4, -0.2) is 21.6 Å². The zero-order chi connectivity index (χ0) is 19.1. The summed E-state index contributed by atoms with van der Waals surface area (Å²) in [6, 6.07) is 15.5. The fourth-order valence-electron chi connectivity index (χ4n) is 2.50. The summed E-state index contributed by atoms with van der Waals surface area (Å²) < 4.78 is 0. The molecule has 6 nitrogen and oxygen atoms in total. The van der Waals surface area contributed by atoms with Crippen molar-refractivity contribution in [2.75, 3.05) is 0 Å². The number of hydrogen-bond donors (Lipinski definition) is 2. The second-order valence-electron chi connectivity index (χ2n) is 5.82. The standard InChI is InChI=1S/C20H18ClN5O/c21-16-7-3-5-14(11-16)19(27)12-18(15-6-4-9-23-13-15)25-26-20(22)17-8-1-2-10-24-17/h1-11,13,18,25H,12H2,(H2,22,26). The maximum Gasteiger partial charge on any atom is 0.169 e. The predicted octanol–water partition coefficient (Wildman–Crippen LogP) is 3.35. The Morgan fingerprint density at radius 2 is 2.04 bits per heavy atom. The smallest absolute Gasteiger partial charge is 0.169 e. The van der Waals surface area contributed by atoms with Crippen LogP contribution in [0.5, 0.6) is 0 Å². The van der Waals surface area contributed by atoms with E-state index in [1.54, 1.807) is 61.1 Å². The third-order valence-corrected chi connectivity index (χ3v) is 4.13. The number of carbonyl (C=O) groups excluding carboxylic acids is 1. The largest absolute Gasteiger partial charge is 0.380 e. The molecule has 0 amide bonds. The molecule has 3 N–H and O–H groups in total. The number of pyridine rings is 2. The summed E-state index contributed by atoms with van der Waals surface area (Å²) in [6.45, 7) is 0. The number of nitrogens with one attached hydrogen (secondary N) is 1. The SMILES string of the molecule is N/C(=N\NC(CC(=O)c1cccc(Cl)c1)c1cccnc1)c1ccccn1. The second-order valence-corrected chi connectivity index (χ2v) is 6.25. The predicted molar refractivity (Wildman–Crippen MR) is 105 cm³/mol. The summed E-state index contributed by atoms with van der Waals surface area (Å²) in [5.41, 5.74) is 10.9. The fourth-order valence-corrected chi connectivity index (χ4v) is 2.69. The highest BCUT2D eigenvalue weighted by Gasteiger charge is 2.17. The number of carbonyl (C=O) groups is 1. The molecule has 0 saturated heterocycles. The van der Waals surface area contributed by atoms with E-state index in [0.717, 1.165) is 5.56 Å². The topological polar surface area (TPSA) is 93.3 Å². The molecule has 2 heterocycles. The molecule has 0 aliphatic rings. The summed E-state index contributed by atoms with van der Waals surface area (Å²) in [6.07, 6.45) is 5.17. The van der Waals surface area contributed by atoms with Crippen molar-refractivity contribution in [3.63, 3.8) is 0 Å². The van der Waals surface area contributed by atoms with Gasteiger partial charge in [0.15, 0.2) is 11.6 Å². The van der Waals surface area contributed by atoms with Gasteiger partial charge in [0, 0.05) is 35.6 Å². The van der Waals surface area contributed by atoms with E-state index < -0.39 is 6.04 Å². The first-order valence-corrected chi connectivity index (χ1v) is 8.70. The molecule has 0 saturated carbocycles. The lowest BCUT2D eigenvalue weighted by Crippen LogP contribution is -2.25. The molecule has 2 aromatic heterocycles. The van der Waals surface area contributed by atoms with E-state index in [-0.39, 0.29) is 18.0 Å². The van der Waals surface area contributed by atoms with Crippen LogP contribution in [0.2, 0.25) is 5.02 Å². The molecule has 0 spiro atoms. The maximum absolute atomic E-state index is 12.7. The van der Waals surface area contributed by atoms with Gasteiger partial charge in [-0.15, -0.1) is 0 Å². The molecule has 136 valence electrons. The highest BCUT2D eigenvalue weighted by molar-refractivity contribution is 6.31. The van der Waals surface area contributed by atoms with E-state index >= 15 is 0 Å². The molecule has 0 fully saturated rings. The third kappa shape index (κ3) is 5.12. The van der Waals surface area contributed by atoms with Crippen molar-refractivity contribution < 1.29 is 4.79 Å². The van der Waals surface area contributed by atoms with Crippen LogP contribution in [0.15, 0.2) is 78.3 Å². The number of aromatic nitrogens is 2. The number of amidine groups is 1. The molecule has 3 rings (SSSR count). The van der Waals surface area contributed by atoms with Gasteiger partial charge < -0.3 is 5.73 Å². The van der Waals surface area contributed by atoms with Gasteiger partial charge in [-0.05, 0) is 35.9 Å². The summed E-state index contributed by atoms with van der Waals surface area (Å²) in [4.78, 5) is 21.0. The number of ketones is 1. The Kier molecular flexibility index (Phi) is 6.12. The second kappa shape index (κ2) is 8.91. The highest BCUT2D eigenvalue weighted by atomic mass is 35.5. The molecule has 27 heavy (non-hydrogen) atoms. The Hall–Kier alpha value is -3.25. The molecule has 3 aromatic rings. The van der Waals surface area contributed by atoms with Crippen LogP contribution in [0.4, 0.5) is 0 Å². The van der Waals surface area contributed by atoms with Crippen LogP contribution < -0.4 is 11.2 Å². The quantitative estimate of drug-likeness (QED) is 0.284. The summed E-state index contributed by atoms with van der Waals surface area (Å²) in [5, 5.41) is 4.73. The van der Waals surface area contributed by atoms with Crippen molar-refractivity contribution in [3.05, 3.63) is 95.0 Å². The first-order chi connectivity index (χ1) is 13.1. The van der Waals surface area contributed by atoms with Gasteiger partial charge in [0.2, 0.25) is 0 Å². The molecule has 7 heteroatoms. The number of rotatable bonds is 7. The molecule has 0 bridgehead atoms. The molecule has 0 aliphatic heterocycles. The van der Waals surface area contributed by atoms with Crippen LogP contribution in [0.25, 0.3) is 0 Å². The van der Waals surface area contributed by atoms with E-state index in [0.29, 0.717) is 16.3 Å². The average Bonchev–Trinajstić information content (AvgIpc) is 2.72. The van der Waals surface area contributed by atoms with Crippen LogP contribution in [-0.2, 0) is 0 Å². The average molecular weight is 380 g/mol. The lowest BCUT2D eigenvalue weighted by molar-refractivity contribution is 0.0968. The highest BCUT2D eigenvalue weighted by Crippen LogP contribution is 2.20. The van der Waals surface area contributed by atoms with Crippen LogP contribution >= 0.6 is 11.6 Å².